The number of aromatic amines is 1. The molecule has 0 saturated heterocycles. The molecule has 2 aromatic rings. The predicted octanol–water partition coefficient (Wildman–Crippen LogP) is 1.18. The van der Waals surface area contributed by atoms with Crippen molar-refractivity contribution in [1.82, 2.24) is 15.5 Å². The fourth-order valence-corrected chi connectivity index (χ4v) is 1.56. The van der Waals surface area contributed by atoms with Crippen LogP contribution in [0, 0.1) is 10.1 Å². The lowest BCUT2D eigenvalue weighted by atomic mass is 10.1. The molecule has 98 valence electrons. The van der Waals surface area contributed by atoms with Crippen LogP contribution in [0.2, 0.25) is 0 Å². The Morgan fingerprint density at radius 2 is 2.05 bits per heavy atom. The average molecular weight is 260 g/mol. The molecular weight excluding hydrogens is 248 g/mol. The third-order valence-corrected chi connectivity index (χ3v) is 2.56. The van der Waals surface area contributed by atoms with Gasteiger partial charge in [0.2, 0.25) is 5.91 Å². The quantitative estimate of drug-likeness (QED) is 0.622. The van der Waals surface area contributed by atoms with Gasteiger partial charge in [-0.05, 0) is 5.56 Å². The van der Waals surface area contributed by atoms with Crippen LogP contribution in [0.4, 0.5) is 5.69 Å². The highest BCUT2D eigenvalue weighted by Gasteiger charge is 2.07. The van der Waals surface area contributed by atoms with E-state index in [0.717, 1.165) is 11.1 Å². The zero-order valence-electron chi connectivity index (χ0n) is 10.00. The van der Waals surface area contributed by atoms with Crippen molar-refractivity contribution < 1.29 is 9.72 Å². The number of nitrogens with zero attached hydrogens (tertiary/aromatic N) is 2. The maximum atomic E-state index is 11.7. The number of non-ortho nitro benzene ring substituents is 1. The Kier molecular flexibility index (Phi) is 3.87. The normalized spacial score (nSPS) is 10.1. The minimum atomic E-state index is -0.469. The Hall–Kier alpha value is -2.70. The van der Waals surface area contributed by atoms with E-state index >= 15 is 0 Å². The number of nitrogens with one attached hydrogen (secondary N) is 2. The Balaban J connectivity index is 1.86. The van der Waals surface area contributed by atoms with Crippen LogP contribution < -0.4 is 5.32 Å². The molecule has 0 spiro atoms. The minimum absolute atomic E-state index is 0.0163. The van der Waals surface area contributed by atoms with Crippen molar-refractivity contribution in [1.29, 1.82) is 0 Å². The summed E-state index contributed by atoms with van der Waals surface area (Å²) in [5, 5.41) is 19.6. The molecule has 0 atom stereocenters. The average Bonchev–Trinajstić information content (AvgIpc) is 2.90. The van der Waals surface area contributed by atoms with Gasteiger partial charge in [-0.25, -0.2) is 0 Å². The van der Waals surface area contributed by atoms with Crippen molar-refractivity contribution in [3.05, 3.63) is 57.9 Å². The summed E-state index contributed by atoms with van der Waals surface area (Å²) < 4.78 is 0. The highest BCUT2D eigenvalue weighted by Crippen LogP contribution is 2.12. The van der Waals surface area contributed by atoms with Crippen LogP contribution >= 0.6 is 0 Å². The van der Waals surface area contributed by atoms with E-state index in [1.54, 1.807) is 24.5 Å². The fourth-order valence-electron chi connectivity index (χ4n) is 1.56. The number of nitro benzene ring substituents is 1. The van der Waals surface area contributed by atoms with Crippen LogP contribution in [0.5, 0.6) is 0 Å². The summed E-state index contributed by atoms with van der Waals surface area (Å²) in [7, 11) is 0. The molecule has 1 amide bonds. The zero-order valence-corrected chi connectivity index (χ0v) is 10.00. The number of benzene rings is 1. The summed E-state index contributed by atoms with van der Waals surface area (Å²) in [6.45, 7) is 0.405. The molecule has 0 saturated carbocycles. The molecule has 0 aliphatic heterocycles. The standard InChI is InChI=1S/C12H12N4O3/c17-12(13-6-10-7-14-15-8-10)5-9-1-3-11(4-2-9)16(18)19/h1-4,7-8H,5-6H2,(H,13,17)(H,14,15). The van der Waals surface area contributed by atoms with Gasteiger partial charge in [0.15, 0.2) is 0 Å². The zero-order chi connectivity index (χ0) is 13.7. The van der Waals surface area contributed by atoms with Crippen molar-refractivity contribution >= 4 is 11.6 Å². The largest absolute Gasteiger partial charge is 0.352 e. The monoisotopic (exact) mass is 260 g/mol. The molecule has 0 aliphatic carbocycles. The van der Waals surface area contributed by atoms with Gasteiger partial charge in [-0.15, -0.1) is 0 Å². The molecule has 7 heteroatoms. The van der Waals surface area contributed by atoms with Crippen LogP contribution in [-0.2, 0) is 17.8 Å². The molecule has 0 aliphatic rings. The summed E-state index contributed by atoms with van der Waals surface area (Å²) in [6, 6.07) is 5.93. The van der Waals surface area contributed by atoms with Gasteiger partial charge in [-0.1, -0.05) is 12.1 Å². The van der Waals surface area contributed by atoms with E-state index in [-0.39, 0.29) is 18.0 Å². The van der Waals surface area contributed by atoms with Gasteiger partial charge in [-0.3, -0.25) is 20.0 Å². The van der Waals surface area contributed by atoms with E-state index in [0.29, 0.717) is 6.54 Å². The molecule has 0 bridgehead atoms. The topological polar surface area (TPSA) is 101 Å². The van der Waals surface area contributed by atoms with Gasteiger partial charge in [-0.2, -0.15) is 5.10 Å². The van der Waals surface area contributed by atoms with Crippen molar-refractivity contribution in [2.24, 2.45) is 0 Å². The van der Waals surface area contributed by atoms with Crippen LogP contribution in [0.3, 0.4) is 0 Å². The molecule has 1 aromatic heterocycles. The second kappa shape index (κ2) is 5.76. The Morgan fingerprint density at radius 3 is 2.63 bits per heavy atom. The van der Waals surface area contributed by atoms with E-state index in [1.165, 1.54) is 12.1 Å². The number of amides is 1. The summed E-state index contributed by atoms with van der Waals surface area (Å²) in [6.07, 6.45) is 3.52. The molecular formula is C12H12N4O3. The molecule has 0 radical (unpaired) electrons. The third-order valence-electron chi connectivity index (χ3n) is 2.56. The number of hydrogen-bond donors (Lipinski definition) is 2. The first-order valence-electron chi connectivity index (χ1n) is 5.63. The summed E-state index contributed by atoms with van der Waals surface area (Å²) >= 11 is 0. The number of rotatable bonds is 5. The van der Waals surface area contributed by atoms with Crippen molar-refractivity contribution in [3.8, 4) is 0 Å². The Labute approximate surface area is 108 Å². The number of hydrogen-bond acceptors (Lipinski definition) is 4. The molecule has 2 rings (SSSR count). The summed E-state index contributed by atoms with van der Waals surface area (Å²) in [5.74, 6) is -0.143. The van der Waals surface area contributed by atoms with Crippen LogP contribution in [-0.4, -0.2) is 21.0 Å². The van der Waals surface area contributed by atoms with E-state index in [9.17, 15) is 14.9 Å². The molecule has 2 N–H and O–H groups in total. The van der Waals surface area contributed by atoms with Crippen molar-refractivity contribution in [2.75, 3.05) is 0 Å². The van der Waals surface area contributed by atoms with Crippen molar-refractivity contribution in [3.63, 3.8) is 0 Å². The SMILES string of the molecule is O=C(Cc1ccc([N+](=O)[O-])cc1)NCc1cn[nH]c1. The molecule has 0 fully saturated rings. The number of aromatic nitrogens is 2. The number of carbonyl (C=O) groups excluding carboxylic acids is 1. The van der Waals surface area contributed by atoms with Gasteiger partial charge in [0.25, 0.3) is 5.69 Å². The molecule has 0 unspecified atom stereocenters. The highest BCUT2D eigenvalue weighted by molar-refractivity contribution is 5.78. The number of carbonyl (C=O) groups is 1. The second-order valence-electron chi connectivity index (χ2n) is 3.98. The Morgan fingerprint density at radius 1 is 1.32 bits per heavy atom. The minimum Gasteiger partial charge on any atom is -0.352 e. The molecule has 7 nitrogen and oxygen atoms in total. The molecule has 1 heterocycles. The van der Waals surface area contributed by atoms with Crippen molar-refractivity contribution in [2.45, 2.75) is 13.0 Å². The first-order valence-corrected chi connectivity index (χ1v) is 5.63. The van der Waals surface area contributed by atoms with Gasteiger partial charge < -0.3 is 5.32 Å². The molecule has 19 heavy (non-hydrogen) atoms. The summed E-state index contributed by atoms with van der Waals surface area (Å²) in [5.41, 5.74) is 1.63. The first-order chi connectivity index (χ1) is 9.15. The fraction of sp³-hybridized carbons (Fsp3) is 0.167. The third kappa shape index (κ3) is 3.63. The van der Waals surface area contributed by atoms with Crippen LogP contribution in [0.1, 0.15) is 11.1 Å². The number of H-pyrrole nitrogens is 1. The number of nitro groups is 1. The lowest BCUT2D eigenvalue weighted by Crippen LogP contribution is -2.24. The summed E-state index contributed by atoms with van der Waals surface area (Å²) in [4.78, 5) is 21.7. The van der Waals surface area contributed by atoms with E-state index in [1.807, 2.05) is 0 Å². The van der Waals surface area contributed by atoms with Gasteiger partial charge in [0, 0.05) is 30.4 Å². The second-order valence-corrected chi connectivity index (χ2v) is 3.98. The van der Waals surface area contributed by atoms with E-state index in [2.05, 4.69) is 15.5 Å². The lowest BCUT2D eigenvalue weighted by molar-refractivity contribution is -0.384. The Bertz CT molecular complexity index is 563. The highest BCUT2D eigenvalue weighted by atomic mass is 16.6. The first kappa shape index (κ1) is 12.7. The van der Waals surface area contributed by atoms with Gasteiger partial charge in [0.1, 0.15) is 0 Å². The maximum Gasteiger partial charge on any atom is 0.269 e. The molecule has 1 aromatic carbocycles. The van der Waals surface area contributed by atoms with Crippen LogP contribution in [0.15, 0.2) is 36.7 Å². The lowest BCUT2D eigenvalue weighted by Gasteiger charge is -2.03. The predicted molar refractivity (Wildman–Crippen MR) is 67.2 cm³/mol. The van der Waals surface area contributed by atoms with Gasteiger partial charge >= 0.3 is 0 Å². The van der Waals surface area contributed by atoms with Gasteiger partial charge in [0.05, 0.1) is 17.5 Å². The van der Waals surface area contributed by atoms with E-state index in [4.69, 9.17) is 0 Å². The van der Waals surface area contributed by atoms with Crippen LogP contribution in [0.25, 0.3) is 0 Å². The maximum absolute atomic E-state index is 11.7. The smallest absolute Gasteiger partial charge is 0.269 e. The van der Waals surface area contributed by atoms with E-state index < -0.39 is 4.92 Å².